The Hall–Kier alpha value is -4.33. The van der Waals surface area contributed by atoms with E-state index in [-0.39, 0.29) is 17.6 Å². The molecule has 1 aromatic heterocycles. The van der Waals surface area contributed by atoms with E-state index in [1.807, 2.05) is 30.3 Å². The molecule has 2 aliphatic heterocycles. The van der Waals surface area contributed by atoms with Crippen molar-refractivity contribution in [2.45, 2.75) is 25.6 Å². The van der Waals surface area contributed by atoms with Crippen molar-refractivity contribution in [3.8, 4) is 29.0 Å². The summed E-state index contributed by atoms with van der Waals surface area (Å²) in [7, 11) is 0. The van der Waals surface area contributed by atoms with Crippen LogP contribution in [-0.2, 0) is 4.79 Å². The molecule has 0 spiro atoms. The number of aromatic nitrogens is 2. The molecule has 0 bridgehead atoms. The van der Waals surface area contributed by atoms with Gasteiger partial charge in [-0.25, -0.2) is 9.79 Å². The normalized spacial score (nSPS) is 18.4. The summed E-state index contributed by atoms with van der Waals surface area (Å²) in [5.74, 6) is 6.67. The fourth-order valence-electron chi connectivity index (χ4n) is 4.45. The molecule has 2 aromatic carbocycles. The number of hydrogen-bond acceptors (Lipinski definition) is 7. The van der Waals surface area contributed by atoms with Crippen LogP contribution >= 0.6 is 0 Å². The lowest BCUT2D eigenvalue weighted by Crippen LogP contribution is -2.35. The standard InChI is InChI=1S/C25H24N6O4/c1-2-6-21(32)29-14-13-18(15-29)31-24-22(23(28-34)26-16-27-24)30(25(31)33)17-9-11-20(12-10-17)35-19-7-4-3-5-8-19/h3-5,7-12,16,18,23,28,34H,13-15H2,1H3,(H,26,27)/t18?,23-/m1/s1. The summed E-state index contributed by atoms with van der Waals surface area (Å²) in [6.07, 6.45) is 1.28. The van der Waals surface area contributed by atoms with E-state index >= 15 is 0 Å². The van der Waals surface area contributed by atoms with Crippen molar-refractivity contribution in [3.05, 3.63) is 70.8 Å². The summed E-state index contributed by atoms with van der Waals surface area (Å²) < 4.78 is 8.97. The van der Waals surface area contributed by atoms with Crippen LogP contribution in [0.1, 0.15) is 31.2 Å². The SMILES string of the molecule is CC#CC(=O)N1CCC(n2c3c(n(-c4ccc(Oc5ccccc5)cc4)c2=O)[C@@H](NO)NC=N3)C1. The zero-order valence-electron chi connectivity index (χ0n) is 19.0. The van der Waals surface area contributed by atoms with Crippen LogP contribution in [0.3, 0.4) is 0 Å². The van der Waals surface area contributed by atoms with Crippen molar-refractivity contribution in [2.75, 3.05) is 13.1 Å². The van der Waals surface area contributed by atoms with Crippen molar-refractivity contribution < 1.29 is 14.7 Å². The number of nitrogens with one attached hydrogen (secondary N) is 2. The third-order valence-electron chi connectivity index (χ3n) is 6.05. The Balaban J connectivity index is 1.53. The van der Waals surface area contributed by atoms with Gasteiger partial charge in [-0.1, -0.05) is 24.1 Å². The molecule has 10 heteroatoms. The lowest BCUT2D eigenvalue weighted by molar-refractivity contribution is -0.124. The summed E-state index contributed by atoms with van der Waals surface area (Å²) in [6.45, 7) is 2.47. The number of fused-ring (bicyclic) bond motifs is 1. The second-order valence-corrected chi connectivity index (χ2v) is 8.16. The van der Waals surface area contributed by atoms with E-state index in [4.69, 9.17) is 4.74 Å². The van der Waals surface area contributed by atoms with Crippen LogP contribution < -0.4 is 21.2 Å². The first-order valence-corrected chi connectivity index (χ1v) is 11.2. The average Bonchev–Trinajstić information content (AvgIpc) is 3.47. The molecule has 3 aromatic rings. The zero-order valence-corrected chi connectivity index (χ0v) is 19.0. The predicted molar refractivity (Wildman–Crippen MR) is 129 cm³/mol. The molecule has 0 aliphatic carbocycles. The molecule has 178 valence electrons. The van der Waals surface area contributed by atoms with Gasteiger partial charge < -0.3 is 20.2 Å². The Morgan fingerprint density at radius 3 is 2.63 bits per heavy atom. The van der Waals surface area contributed by atoms with Crippen molar-refractivity contribution in [1.82, 2.24) is 24.8 Å². The first-order valence-electron chi connectivity index (χ1n) is 11.2. The Morgan fingerprint density at radius 1 is 1.17 bits per heavy atom. The third-order valence-corrected chi connectivity index (χ3v) is 6.05. The maximum atomic E-state index is 13.7. The number of carbonyl (C=O) groups is 1. The molecule has 1 fully saturated rings. The Bertz CT molecular complexity index is 1380. The lowest BCUT2D eigenvalue weighted by Gasteiger charge is -2.21. The van der Waals surface area contributed by atoms with Gasteiger partial charge in [0.25, 0.3) is 5.91 Å². The largest absolute Gasteiger partial charge is 0.457 e. The topological polar surface area (TPSA) is 113 Å². The van der Waals surface area contributed by atoms with Crippen LogP contribution in [0.25, 0.3) is 5.69 Å². The Labute approximate surface area is 201 Å². The number of benzene rings is 2. The second kappa shape index (κ2) is 9.50. The highest BCUT2D eigenvalue weighted by Gasteiger charge is 2.35. The summed E-state index contributed by atoms with van der Waals surface area (Å²) in [4.78, 5) is 32.0. The fraction of sp³-hybridized carbons (Fsp3) is 0.240. The summed E-state index contributed by atoms with van der Waals surface area (Å²) in [5, 5.41) is 12.7. The summed E-state index contributed by atoms with van der Waals surface area (Å²) in [5.41, 5.74) is 2.95. The molecule has 1 saturated heterocycles. The molecule has 0 saturated carbocycles. The van der Waals surface area contributed by atoms with E-state index in [1.54, 1.807) is 40.7 Å². The van der Waals surface area contributed by atoms with Gasteiger partial charge in [0.05, 0.1) is 18.1 Å². The minimum atomic E-state index is -0.748. The minimum Gasteiger partial charge on any atom is -0.457 e. The number of para-hydroxylation sites is 1. The number of nitrogens with zero attached hydrogens (tertiary/aromatic N) is 4. The van der Waals surface area contributed by atoms with E-state index in [1.165, 1.54) is 10.9 Å². The second-order valence-electron chi connectivity index (χ2n) is 8.16. The highest BCUT2D eigenvalue weighted by atomic mass is 16.5. The molecule has 2 atom stereocenters. The quantitative estimate of drug-likeness (QED) is 0.388. The number of amides is 1. The van der Waals surface area contributed by atoms with Gasteiger partial charge in [0, 0.05) is 13.1 Å². The number of carbonyl (C=O) groups excluding carboxylic acids is 1. The van der Waals surface area contributed by atoms with E-state index in [2.05, 4.69) is 27.6 Å². The van der Waals surface area contributed by atoms with Gasteiger partial charge in [0.15, 0.2) is 5.82 Å². The number of imidazole rings is 1. The molecule has 0 radical (unpaired) electrons. The zero-order chi connectivity index (χ0) is 24.4. The molecule has 1 amide bonds. The highest BCUT2D eigenvalue weighted by molar-refractivity contribution is 5.93. The summed E-state index contributed by atoms with van der Waals surface area (Å²) >= 11 is 0. The first kappa shape index (κ1) is 22.5. The first-order chi connectivity index (χ1) is 17.1. The van der Waals surface area contributed by atoms with Crippen molar-refractivity contribution >= 4 is 18.1 Å². The van der Waals surface area contributed by atoms with Crippen LogP contribution in [0.2, 0.25) is 0 Å². The van der Waals surface area contributed by atoms with E-state index in [9.17, 15) is 14.8 Å². The van der Waals surface area contributed by atoms with Crippen LogP contribution in [-0.4, -0.2) is 44.6 Å². The van der Waals surface area contributed by atoms with Crippen molar-refractivity contribution in [1.29, 1.82) is 0 Å². The van der Waals surface area contributed by atoms with Crippen molar-refractivity contribution in [2.24, 2.45) is 4.99 Å². The molecule has 3 heterocycles. The minimum absolute atomic E-state index is 0.259. The Kier molecular flexibility index (Phi) is 6.10. The fourth-order valence-corrected chi connectivity index (χ4v) is 4.45. The van der Waals surface area contributed by atoms with Gasteiger partial charge in [-0.3, -0.25) is 13.9 Å². The number of hydrogen-bond donors (Lipinski definition) is 3. The van der Waals surface area contributed by atoms with Gasteiger partial charge >= 0.3 is 5.69 Å². The predicted octanol–water partition coefficient (Wildman–Crippen LogP) is 2.47. The molecule has 2 aliphatic rings. The Morgan fingerprint density at radius 2 is 1.91 bits per heavy atom. The van der Waals surface area contributed by atoms with Crippen LogP contribution in [0.15, 0.2) is 64.4 Å². The number of hydroxylamine groups is 1. The van der Waals surface area contributed by atoms with Gasteiger partial charge in [0.1, 0.15) is 23.4 Å². The third kappa shape index (κ3) is 4.19. The van der Waals surface area contributed by atoms with Crippen molar-refractivity contribution in [3.63, 3.8) is 0 Å². The molecular weight excluding hydrogens is 448 g/mol. The average molecular weight is 473 g/mol. The van der Waals surface area contributed by atoms with E-state index in [0.29, 0.717) is 48.2 Å². The highest BCUT2D eigenvalue weighted by Crippen LogP contribution is 2.34. The van der Waals surface area contributed by atoms with Gasteiger partial charge in [-0.15, -0.1) is 0 Å². The number of likely N-dealkylation sites (tertiary alicyclic amines) is 1. The number of aliphatic imine (C=N–C) groups is 1. The van der Waals surface area contributed by atoms with Gasteiger partial charge in [-0.2, -0.15) is 5.48 Å². The van der Waals surface area contributed by atoms with Crippen LogP contribution in [0.4, 0.5) is 5.82 Å². The van der Waals surface area contributed by atoms with E-state index < -0.39 is 6.17 Å². The molecular formula is C25H24N6O4. The molecule has 10 nitrogen and oxygen atoms in total. The number of ether oxygens (including phenoxy) is 1. The van der Waals surface area contributed by atoms with Gasteiger partial charge in [0.2, 0.25) is 0 Å². The molecule has 5 rings (SSSR count). The molecule has 35 heavy (non-hydrogen) atoms. The number of rotatable bonds is 5. The van der Waals surface area contributed by atoms with Crippen LogP contribution in [0.5, 0.6) is 11.5 Å². The maximum Gasteiger partial charge on any atom is 0.335 e. The molecule has 3 N–H and O–H groups in total. The summed E-state index contributed by atoms with van der Waals surface area (Å²) in [6, 6.07) is 16.2. The molecule has 1 unspecified atom stereocenters. The van der Waals surface area contributed by atoms with Crippen LogP contribution in [0, 0.1) is 11.8 Å². The van der Waals surface area contributed by atoms with Gasteiger partial charge in [-0.05, 0) is 55.7 Å². The lowest BCUT2D eigenvalue weighted by atomic mass is 10.2. The maximum absolute atomic E-state index is 13.7. The smallest absolute Gasteiger partial charge is 0.335 e. The van der Waals surface area contributed by atoms with E-state index in [0.717, 1.165) is 0 Å². The monoisotopic (exact) mass is 472 g/mol.